The van der Waals surface area contributed by atoms with Crippen LogP contribution in [0.2, 0.25) is 0 Å². The maximum absolute atomic E-state index is 12.1. The lowest BCUT2D eigenvalue weighted by Gasteiger charge is -2.30. The van der Waals surface area contributed by atoms with Gasteiger partial charge in [0.05, 0.1) is 5.92 Å². The first-order valence-electron chi connectivity index (χ1n) is 7.32. The summed E-state index contributed by atoms with van der Waals surface area (Å²) in [6.45, 7) is 2.91. The summed E-state index contributed by atoms with van der Waals surface area (Å²) in [5.41, 5.74) is 1.16. The molecule has 1 N–H and O–H groups in total. The number of carboxylic acid groups (broad SMARTS) is 1. The highest BCUT2D eigenvalue weighted by atomic mass is 16.5. The third-order valence-corrected chi connectivity index (χ3v) is 3.79. The molecule has 1 heterocycles. The molecular formula is C16H21NO4. The van der Waals surface area contributed by atoms with Crippen LogP contribution >= 0.6 is 0 Å². The molecular weight excluding hydrogens is 270 g/mol. The number of aryl methyl sites for hydroxylation is 1. The van der Waals surface area contributed by atoms with Crippen LogP contribution in [-0.4, -0.2) is 41.6 Å². The number of piperidine rings is 1. The van der Waals surface area contributed by atoms with E-state index in [1.54, 1.807) is 4.90 Å². The number of amides is 1. The van der Waals surface area contributed by atoms with Crippen LogP contribution in [-0.2, 0) is 16.0 Å². The van der Waals surface area contributed by atoms with Crippen LogP contribution in [0.1, 0.15) is 25.3 Å². The molecule has 1 aromatic rings. The third kappa shape index (κ3) is 4.21. The van der Waals surface area contributed by atoms with E-state index in [-0.39, 0.29) is 19.1 Å². The van der Waals surface area contributed by atoms with Crippen molar-refractivity contribution < 1.29 is 19.4 Å². The van der Waals surface area contributed by atoms with Crippen molar-refractivity contribution in [2.45, 2.75) is 26.2 Å². The smallest absolute Gasteiger partial charge is 0.308 e. The van der Waals surface area contributed by atoms with E-state index in [0.29, 0.717) is 18.7 Å². The van der Waals surface area contributed by atoms with Crippen LogP contribution in [0.25, 0.3) is 0 Å². The van der Waals surface area contributed by atoms with E-state index in [4.69, 9.17) is 9.84 Å². The van der Waals surface area contributed by atoms with E-state index in [1.165, 1.54) is 0 Å². The van der Waals surface area contributed by atoms with Gasteiger partial charge in [-0.15, -0.1) is 0 Å². The Labute approximate surface area is 124 Å². The Hall–Kier alpha value is -2.04. The zero-order valence-corrected chi connectivity index (χ0v) is 12.2. The van der Waals surface area contributed by atoms with E-state index in [9.17, 15) is 9.59 Å². The van der Waals surface area contributed by atoms with E-state index < -0.39 is 11.9 Å². The molecule has 5 nitrogen and oxygen atoms in total. The minimum atomic E-state index is -0.830. The van der Waals surface area contributed by atoms with Crippen molar-refractivity contribution in [3.8, 4) is 5.75 Å². The van der Waals surface area contributed by atoms with Gasteiger partial charge in [0.25, 0.3) is 5.91 Å². The maximum atomic E-state index is 12.1. The highest BCUT2D eigenvalue weighted by Crippen LogP contribution is 2.18. The number of nitrogens with zero attached hydrogens (tertiary/aromatic N) is 1. The van der Waals surface area contributed by atoms with Gasteiger partial charge in [0.1, 0.15) is 5.75 Å². The molecule has 5 heteroatoms. The zero-order valence-electron chi connectivity index (χ0n) is 12.2. The number of ether oxygens (including phenoxy) is 1. The number of carbonyl (C=O) groups is 2. The van der Waals surface area contributed by atoms with Gasteiger partial charge in [0, 0.05) is 13.1 Å². The van der Waals surface area contributed by atoms with Crippen molar-refractivity contribution in [2.75, 3.05) is 19.7 Å². The Balaban J connectivity index is 1.87. The molecule has 0 aromatic heterocycles. The molecule has 1 atom stereocenters. The van der Waals surface area contributed by atoms with Crippen molar-refractivity contribution in [3.05, 3.63) is 29.8 Å². The second-order valence-corrected chi connectivity index (χ2v) is 5.31. The molecule has 1 fully saturated rings. The lowest BCUT2D eigenvalue weighted by Crippen LogP contribution is -2.44. The number of benzene rings is 1. The number of rotatable bonds is 5. The Morgan fingerprint density at radius 3 is 2.95 bits per heavy atom. The first-order chi connectivity index (χ1) is 10.1. The fraction of sp³-hybridized carbons (Fsp3) is 0.500. The summed E-state index contributed by atoms with van der Waals surface area (Å²) < 4.78 is 5.52. The van der Waals surface area contributed by atoms with Gasteiger partial charge in [-0.3, -0.25) is 9.59 Å². The van der Waals surface area contributed by atoms with Gasteiger partial charge in [-0.1, -0.05) is 19.1 Å². The lowest BCUT2D eigenvalue weighted by molar-refractivity contribution is -0.146. The average Bonchev–Trinajstić information content (AvgIpc) is 2.53. The molecule has 0 saturated carbocycles. The Morgan fingerprint density at radius 1 is 1.43 bits per heavy atom. The van der Waals surface area contributed by atoms with Gasteiger partial charge >= 0.3 is 5.97 Å². The summed E-state index contributed by atoms with van der Waals surface area (Å²) in [5, 5.41) is 9.03. The number of hydrogen-bond donors (Lipinski definition) is 1. The highest BCUT2D eigenvalue weighted by Gasteiger charge is 2.28. The lowest BCUT2D eigenvalue weighted by atomic mass is 9.98. The van der Waals surface area contributed by atoms with E-state index in [2.05, 4.69) is 6.92 Å². The van der Waals surface area contributed by atoms with Gasteiger partial charge in [-0.25, -0.2) is 0 Å². The van der Waals surface area contributed by atoms with Crippen LogP contribution in [0, 0.1) is 5.92 Å². The van der Waals surface area contributed by atoms with Crippen molar-refractivity contribution >= 4 is 11.9 Å². The molecule has 114 valence electrons. The molecule has 1 saturated heterocycles. The van der Waals surface area contributed by atoms with Gasteiger partial charge in [0.15, 0.2) is 6.61 Å². The third-order valence-electron chi connectivity index (χ3n) is 3.79. The SMILES string of the molecule is CCc1cccc(OCC(=O)N2CCC[C@@H](C(=O)O)C2)c1. The second-order valence-electron chi connectivity index (χ2n) is 5.31. The van der Waals surface area contributed by atoms with Gasteiger partial charge in [0.2, 0.25) is 0 Å². The van der Waals surface area contributed by atoms with Crippen molar-refractivity contribution in [3.63, 3.8) is 0 Å². The minimum Gasteiger partial charge on any atom is -0.484 e. The molecule has 0 bridgehead atoms. The molecule has 1 aliphatic rings. The largest absolute Gasteiger partial charge is 0.484 e. The number of aliphatic carboxylic acids is 1. The monoisotopic (exact) mass is 291 g/mol. The van der Waals surface area contributed by atoms with E-state index >= 15 is 0 Å². The molecule has 0 unspecified atom stereocenters. The molecule has 1 aromatic carbocycles. The van der Waals surface area contributed by atoms with Crippen molar-refractivity contribution in [1.29, 1.82) is 0 Å². The summed E-state index contributed by atoms with van der Waals surface area (Å²) in [6.07, 6.45) is 2.28. The van der Waals surface area contributed by atoms with Crippen LogP contribution in [0.3, 0.4) is 0 Å². The Kier molecular flexibility index (Phi) is 5.20. The number of carboxylic acids is 1. The number of hydrogen-bond acceptors (Lipinski definition) is 3. The van der Waals surface area contributed by atoms with Gasteiger partial charge in [-0.05, 0) is 37.0 Å². The molecule has 1 aliphatic heterocycles. The Morgan fingerprint density at radius 2 is 2.24 bits per heavy atom. The van der Waals surface area contributed by atoms with E-state index in [1.807, 2.05) is 24.3 Å². The summed E-state index contributed by atoms with van der Waals surface area (Å²) in [6, 6.07) is 7.66. The summed E-state index contributed by atoms with van der Waals surface area (Å²) >= 11 is 0. The second kappa shape index (κ2) is 7.11. The average molecular weight is 291 g/mol. The van der Waals surface area contributed by atoms with Crippen LogP contribution < -0.4 is 4.74 Å². The fourth-order valence-electron chi connectivity index (χ4n) is 2.50. The topological polar surface area (TPSA) is 66.8 Å². The van der Waals surface area contributed by atoms with Crippen molar-refractivity contribution in [2.24, 2.45) is 5.92 Å². The van der Waals surface area contributed by atoms with E-state index in [0.717, 1.165) is 18.4 Å². The van der Waals surface area contributed by atoms with Gasteiger partial charge < -0.3 is 14.7 Å². The maximum Gasteiger partial charge on any atom is 0.308 e. The Bertz CT molecular complexity index is 515. The highest BCUT2D eigenvalue weighted by molar-refractivity contribution is 5.79. The number of carbonyl (C=O) groups excluding carboxylic acids is 1. The first-order valence-corrected chi connectivity index (χ1v) is 7.32. The molecule has 0 spiro atoms. The molecule has 21 heavy (non-hydrogen) atoms. The summed E-state index contributed by atoms with van der Waals surface area (Å²) in [4.78, 5) is 24.7. The van der Waals surface area contributed by atoms with Crippen LogP contribution in [0.15, 0.2) is 24.3 Å². The van der Waals surface area contributed by atoms with Crippen molar-refractivity contribution in [1.82, 2.24) is 4.90 Å². The summed E-state index contributed by atoms with van der Waals surface area (Å²) in [5.74, 6) is -0.757. The predicted octanol–water partition coefficient (Wildman–Crippen LogP) is 1.95. The predicted molar refractivity (Wildman–Crippen MR) is 78.3 cm³/mol. The molecule has 0 aliphatic carbocycles. The zero-order chi connectivity index (χ0) is 15.2. The van der Waals surface area contributed by atoms with Crippen LogP contribution in [0.4, 0.5) is 0 Å². The number of likely N-dealkylation sites (tertiary alicyclic amines) is 1. The standard InChI is InChI=1S/C16H21NO4/c1-2-12-5-3-7-14(9-12)21-11-15(18)17-8-4-6-13(10-17)16(19)20/h3,5,7,9,13H,2,4,6,8,10-11H2,1H3,(H,19,20)/t13-/m1/s1. The van der Waals surface area contributed by atoms with Gasteiger partial charge in [-0.2, -0.15) is 0 Å². The molecule has 0 radical (unpaired) electrons. The molecule has 1 amide bonds. The quantitative estimate of drug-likeness (QED) is 0.900. The molecule has 2 rings (SSSR count). The minimum absolute atomic E-state index is 0.0422. The summed E-state index contributed by atoms with van der Waals surface area (Å²) in [7, 11) is 0. The normalized spacial score (nSPS) is 18.3. The fourth-order valence-corrected chi connectivity index (χ4v) is 2.50. The van der Waals surface area contributed by atoms with Crippen LogP contribution in [0.5, 0.6) is 5.75 Å². The first kappa shape index (κ1) is 15.4.